The summed E-state index contributed by atoms with van der Waals surface area (Å²) in [6, 6.07) is 19.5. The fourth-order valence-electron chi connectivity index (χ4n) is 9.66. The molecule has 366 valence electrons. The summed E-state index contributed by atoms with van der Waals surface area (Å²) in [5.74, 6) is -1.60. The number of amides is 3. The average Bonchev–Trinajstić information content (AvgIpc) is 4.32. The van der Waals surface area contributed by atoms with Gasteiger partial charge in [0.15, 0.2) is 0 Å². The summed E-state index contributed by atoms with van der Waals surface area (Å²) in [6.07, 6.45) is 7.26. The van der Waals surface area contributed by atoms with Crippen LogP contribution < -0.4 is 5.73 Å². The first-order valence-corrected chi connectivity index (χ1v) is 23.9. The minimum absolute atomic E-state index is 0.0211. The van der Waals surface area contributed by atoms with Crippen LogP contribution in [0.1, 0.15) is 99.9 Å². The number of aromatic nitrogens is 8. The number of hydrogen-bond acceptors (Lipinski definition) is 12. The lowest BCUT2D eigenvalue weighted by atomic mass is 9.98. The molecule has 1 saturated heterocycles. The minimum Gasteiger partial charge on any atom is -0.389 e. The summed E-state index contributed by atoms with van der Waals surface area (Å²) in [4.78, 5) is 59.9. The van der Waals surface area contributed by atoms with Crippen molar-refractivity contribution in [3.05, 3.63) is 143 Å². The van der Waals surface area contributed by atoms with E-state index in [1.54, 1.807) is 52.9 Å². The molecule has 0 radical (unpaired) electrons. The summed E-state index contributed by atoms with van der Waals surface area (Å²) in [6.45, 7) is 3.33. The lowest BCUT2D eigenvalue weighted by Gasteiger charge is -2.26. The van der Waals surface area contributed by atoms with Crippen LogP contribution in [-0.2, 0) is 9.53 Å². The zero-order valence-electron chi connectivity index (χ0n) is 39.3. The van der Waals surface area contributed by atoms with E-state index in [1.165, 1.54) is 59.6 Å². The minimum atomic E-state index is -0.966. The second-order valence-electron chi connectivity index (χ2n) is 18.9. The second kappa shape index (κ2) is 18.7. The number of likely N-dealkylation sites (N-methyl/N-ethyl adjacent to an activating group) is 1. The molecular weight excluding hydrogens is 925 g/mol. The van der Waals surface area contributed by atoms with Crippen molar-refractivity contribution in [1.82, 2.24) is 49.3 Å². The van der Waals surface area contributed by atoms with E-state index in [9.17, 15) is 29.0 Å². The predicted molar refractivity (Wildman–Crippen MR) is 260 cm³/mol. The molecule has 2 aliphatic carbocycles. The number of carbonyl (C=O) groups excluding carboxylic acids is 3. The van der Waals surface area contributed by atoms with Crippen molar-refractivity contribution in [2.75, 3.05) is 39.9 Å². The van der Waals surface area contributed by atoms with Gasteiger partial charge in [-0.3, -0.25) is 14.4 Å². The molecule has 2 saturated carbocycles. The van der Waals surface area contributed by atoms with Gasteiger partial charge >= 0.3 is 0 Å². The summed E-state index contributed by atoms with van der Waals surface area (Å²) in [5, 5.41) is 33.3. The van der Waals surface area contributed by atoms with Gasteiger partial charge in [0.2, 0.25) is 5.91 Å². The van der Waals surface area contributed by atoms with E-state index in [4.69, 9.17) is 20.7 Å². The van der Waals surface area contributed by atoms with Crippen LogP contribution in [0.5, 0.6) is 0 Å². The molecular formula is C53H49F2N11O6. The highest BCUT2D eigenvalue weighted by Crippen LogP contribution is 2.53. The third-order valence-electron chi connectivity index (χ3n) is 13.8. The van der Waals surface area contributed by atoms with Gasteiger partial charge in [-0.05, 0) is 98.2 Å². The highest BCUT2D eigenvalue weighted by molar-refractivity contribution is 6.00. The molecule has 4 aromatic heterocycles. The molecule has 3 fully saturated rings. The molecule has 72 heavy (non-hydrogen) atoms. The van der Waals surface area contributed by atoms with Gasteiger partial charge in [-0.2, -0.15) is 19.6 Å². The van der Waals surface area contributed by atoms with E-state index in [0.29, 0.717) is 89.6 Å². The molecule has 0 spiro atoms. The maximum atomic E-state index is 15.6. The highest BCUT2D eigenvalue weighted by Gasteiger charge is 2.43. The van der Waals surface area contributed by atoms with Crippen LogP contribution in [0.25, 0.3) is 56.0 Å². The number of ether oxygens (including phenoxy) is 1. The van der Waals surface area contributed by atoms with Gasteiger partial charge in [-0.1, -0.05) is 24.3 Å². The SMILES string of the molecule is CC(O)c1ccc(F)c(-c2cnc(-n3nc(C4CC4CC(O)c4ccc(F)c(-c5cnc(-n6nc(C7CC7)c7ccc(C(=O)N8CCOCC8)cc76)nc5)c4)c4ccc(C(=O)N(C)CC(N)=O)cc43)nc2)c1. The number of nitrogens with two attached hydrogens (primary N) is 1. The Morgan fingerprint density at radius 1 is 0.750 bits per heavy atom. The molecule has 17 nitrogen and oxygen atoms in total. The van der Waals surface area contributed by atoms with Gasteiger partial charge in [0.1, 0.15) is 11.6 Å². The summed E-state index contributed by atoms with van der Waals surface area (Å²) < 4.78 is 39.2. The normalized spacial score (nSPS) is 17.6. The number of primary amides is 1. The number of benzene rings is 4. The highest BCUT2D eigenvalue weighted by atomic mass is 19.1. The topological polar surface area (TPSA) is 221 Å². The Balaban J connectivity index is 0.843. The number of hydrogen-bond donors (Lipinski definition) is 3. The van der Waals surface area contributed by atoms with Crippen LogP contribution in [-0.4, -0.2) is 117 Å². The Hall–Kier alpha value is -7.87. The number of aliphatic hydroxyl groups is 2. The van der Waals surface area contributed by atoms with Gasteiger partial charge in [0.05, 0.1) is 54.4 Å². The Labute approximate surface area is 410 Å². The van der Waals surface area contributed by atoms with E-state index < -0.39 is 35.7 Å². The predicted octanol–water partition coefficient (Wildman–Crippen LogP) is 6.74. The second-order valence-corrected chi connectivity index (χ2v) is 18.9. The third-order valence-corrected chi connectivity index (χ3v) is 13.8. The first-order chi connectivity index (χ1) is 34.8. The van der Waals surface area contributed by atoms with E-state index in [1.807, 2.05) is 18.2 Å². The van der Waals surface area contributed by atoms with E-state index in [-0.39, 0.29) is 52.9 Å². The number of aliphatic hydroxyl groups excluding tert-OH is 2. The number of nitrogens with zero attached hydrogens (tertiary/aromatic N) is 10. The molecule has 3 amide bonds. The first-order valence-electron chi connectivity index (χ1n) is 23.9. The molecule has 11 rings (SSSR count). The third kappa shape index (κ3) is 8.94. The smallest absolute Gasteiger partial charge is 0.254 e. The quantitative estimate of drug-likeness (QED) is 0.103. The molecule has 4 unspecified atom stereocenters. The largest absolute Gasteiger partial charge is 0.389 e. The lowest BCUT2D eigenvalue weighted by molar-refractivity contribution is -0.118. The molecule has 0 bridgehead atoms. The first kappa shape index (κ1) is 46.5. The fourth-order valence-corrected chi connectivity index (χ4v) is 9.66. The molecule has 4 N–H and O–H groups in total. The van der Waals surface area contributed by atoms with Crippen LogP contribution in [0.2, 0.25) is 0 Å². The summed E-state index contributed by atoms with van der Waals surface area (Å²) in [7, 11) is 1.48. The van der Waals surface area contributed by atoms with Crippen molar-refractivity contribution >= 4 is 39.5 Å². The Morgan fingerprint density at radius 3 is 1.88 bits per heavy atom. The van der Waals surface area contributed by atoms with Gasteiger partial charge in [-0.15, -0.1) is 0 Å². The summed E-state index contributed by atoms with van der Waals surface area (Å²) in [5.41, 5.74) is 11.3. The van der Waals surface area contributed by atoms with Crippen LogP contribution >= 0.6 is 0 Å². The Bertz CT molecular complexity index is 3420. The number of carbonyl (C=O) groups is 3. The fraction of sp³-hybridized carbons (Fsp3) is 0.302. The van der Waals surface area contributed by atoms with Crippen molar-refractivity contribution in [3.8, 4) is 34.2 Å². The van der Waals surface area contributed by atoms with Gasteiger partial charge < -0.3 is 30.5 Å². The lowest BCUT2D eigenvalue weighted by Crippen LogP contribution is -2.40. The van der Waals surface area contributed by atoms with Crippen molar-refractivity contribution in [2.24, 2.45) is 11.7 Å². The van der Waals surface area contributed by atoms with E-state index in [2.05, 4.69) is 19.9 Å². The number of halogens is 2. The van der Waals surface area contributed by atoms with Gasteiger partial charge in [0.25, 0.3) is 23.7 Å². The molecule has 3 aliphatic rings. The Kier molecular flexibility index (Phi) is 12.1. The van der Waals surface area contributed by atoms with Gasteiger partial charge in [-0.25, -0.2) is 28.7 Å². The van der Waals surface area contributed by atoms with Crippen molar-refractivity contribution in [3.63, 3.8) is 0 Å². The number of morpholine rings is 1. The van der Waals surface area contributed by atoms with Crippen molar-refractivity contribution in [2.45, 2.75) is 56.7 Å². The maximum absolute atomic E-state index is 15.6. The monoisotopic (exact) mass is 973 g/mol. The Morgan fingerprint density at radius 2 is 1.29 bits per heavy atom. The molecule has 1 aliphatic heterocycles. The molecule has 19 heteroatoms. The maximum Gasteiger partial charge on any atom is 0.254 e. The van der Waals surface area contributed by atoms with Gasteiger partial charge in [0, 0.05) is 101 Å². The van der Waals surface area contributed by atoms with Crippen LogP contribution in [0.4, 0.5) is 8.78 Å². The van der Waals surface area contributed by atoms with Crippen LogP contribution in [0.3, 0.4) is 0 Å². The zero-order chi connectivity index (χ0) is 49.9. The number of rotatable bonds is 14. The van der Waals surface area contributed by atoms with E-state index >= 15 is 4.39 Å². The van der Waals surface area contributed by atoms with Crippen molar-refractivity contribution in [1.29, 1.82) is 0 Å². The standard InChI is InChI=1S/C53H49F2N11O6/c1-28(67)30-7-11-42(54)39(17-30)35-23-59-53(60-24-35)66-45-20-32(50(70)63(2)27-47(56)69)5-10-38(45)49(62-66)41-19-34(41)22-46(68)31-8-12-43(55)40(18-31)36-25-57-52(58-26-36)65-44-21-33(51(71)64-13-15-72-16-14-64)6-9-37(44)48(61-65)29-3-4-29/h5-12,17-18,20-21,23-26,28-29,34,41,46,67-68H,3-4,13-16,19,22,27H2,1-2H3,(H2,56,69). The van der Waals surface area contributed by atoms with Crippen LogP contribution in [0.15, 0.2) is 97.6 Å². The zero-order valence-corrected chi connectivity index (χ0v) is 39.3. The average molecular weight is 974 g/mol. The van der Waals surface area contributed by atoms with Crippen LogP contribution in [0, 0.1) is 17.6 Å². The molecule has 5 heterocycles. The van der Waals surface area contributed by atoms with Crippen molar-refractivity contribution < 1.29 is 38.1 Å². The summed E-state index contributed by atoms with van der Waals surface area (Å²) >= 11 is 0. The van der Waals surface area contributed by atoms with E-state index in [0.717, 1.165) is 29.3 Å². The molecule has 4 atom stereocenters. The molecule has 8 aromatic rings. The molecule has 4 aromatic carbocycles. The number of fused-ring (bicyclic) bond motifs is 2.